The van der Waals surface area contributed by atoms with Crippen LogP contribution >= 0.6 is 11.8 Å². The molecule has 3 rings (SSSR count). The van der Waals surface area contributed by atoms with Gasteiger partial charge in [0.2, 0.25) is 5.91 Å². The lowest BCUT2D eigenvalue weighted by molar-refractivity contribution is -0.120. The third-order valence-electron chi connectivity index (χ3n) is 4.43. The van der Waals surface area contributed by atoms with Crippen LogP contribution < -0.4 is 5.32 Å². The Bertz CT molecular complexity index is 757. The summed E-state index contributed by atoms with van der Waals surface area (Å²) < 4.78 is 26.7. The van der Waals surface area contributed by atoms with Crippen LogP contribution in [0, 0.1) is 11.6 Å². The van der Waals surface area contributed by atoms with Crippen LogP contribution in [0.5, 0.6) is 0 Å². The number of amides is 1. The van der Waals surface area contributed by atoms with E-state index in [0.29, 0.717) is 0 Å². The van der Waals surface area contributed by atoms with E-state index in [-0.39, 0.29) is 16.8 Å². The van der Waals surface area contributed by atoms with Crippen molar-refractivity contribution in [3.63, 3.8) is 0 Å². The molecular formula is C20H22F2N2OS. The van der Waals surface area contributed by atoms with Gasteiger partial charge in [-0.3, -0.25) is 9.69 Å². The van der Waals surface area contributed by atoms with E-state index >= 15 is 0 Å². The number of thioether (sulfide) groups is 1. The fraction of sp³-hybridized carbons (Fsp3) is 0.350. The van der Waals surface area contributed by atoms with Gasteiger partial charge in [0.1, 0.15) is 11.6 Å². The Morgan fingerprint density at radius 3 is 2.77 bits per heavy atom. The Labute approximate surface area is 156 Å². The van der Waals surface area contributed by atoms with Gasteiger partial charge < -0.3 is 5.32 Å². The Morgan fingerprint density at radius 2 is 2.04 bits per heavy atom. The van der Waals surface area contributed by atoms with Crippen molar-refractivity contribution in [2.24, 2.45) is 0 Å². The molecule has 6 heteroatoms. The van der Waals surface area contributed by atoms with Crippen LogP contribution in [0.3, 0.4) is 0 Å². The molecule has 0 aliphatic carbocycles. The van der Waals surface area contributed by atoms with E-state index in [4.69, 9.17) is 0 Å². The molecule has 1 aliphatic heterocycles. The molecule has 0 saturated carbocycles. The van der Waals surface area contributed by atoms with Crippen LogP contribution in [0.1, 0.15) is 18.9 Å². The predicted octanol–water partition coefficient (Wildman–Crippen LogP) is 3.84. The minimum atomic E-state index is -0.635. The number of rotatable bonds is 6. The minimum absolute atomic E-state index is 0.104. The molecular weight excluding hydrogens is 354 g/mol. The number of hydrogen-bond acceptors (Lipinski definition) is 3. The largest absolute Gasteiger partial charge is 0.351 e. The Hall–Kier alpha value is -1.92. The van der Waals surface area contributed by atoms with Crippen molar-refractivity contribution in [2.45, 2.75) is 36.1 Å². The maximum Gasteiger partial charge on any atom is 0.233 e. The third kappa shape index (κ3) is 5.05. The van der Waals surface area contributed by atoms with Crippen molar-refractivity contribution in [1.29, 1.82) is 0 Å². The van der Waals surface area contributed by atoms with Gasteiger partial charge in [-0.15, -0.1) is 11.8 Å². The zero-order valence-electron chi connectivity index (χ0n) is 14.6. The molecule has 1 N–H and O–H groups in total. The predicted molar refractivity (Wildman–Crippen MR) is 99.9 cm³/mol. The molecule has 0 spiro atoms. The minimum Gasteiger partial charge on any atom is -0.351 e. The van der Waals surface area contributed by atoms with Crippen molar-refractivity contribution in [1.82, 2.24) is 10.2 Å². The van der Waals surface area contributed by atoms with Crippen molar-refractivity contribution >= 4 is 17.7 Å². The van der Waals surface area contributed by atoms with Gasteiger partial charge in [0.05, 0.1) is 5.25 Å². The summed E-state index contributed by atoms with van der Waals surface area (Å²) in [4.78, 5) is 15.0. The van der Waals surface area contributed by atoms with Gasteiger partial charge in [-0.2, -0.15) is 0 Å². The lowest BCUT2D eigenvalue weighted by Crippen LogP contribution is -2.40. The molecule has 3 nitrogen and oxygen atoms in total. The molecule has 2 aromatic rings. The fourth-order valence-corrected chi connectivity index (χ4v) is 3.94. The van der Waals surface area contributed by atoms with E-state index in [1.807, 2.05) is 18.2 Å². The van der Waals surface area contributed by atoms with E-state index in [1.54, 1.807) is 6.92 Å². The molecule has 2 aromatic carbocycles. The average Bonchev–Trinajstić information content (AvgIpc) is 3.05. The Morgan fingerprint density at radius 1 is 1.27 bits per heavy atom. The molecule has 0 bridgehead atoms. The first-order chi connectivity index (χ1) is 12.5. The lowest BCUT2D eigenvalue weighted by atomic mass is 10.2. The highest BCUT2D eigenvalue weighted by Crippen LogP contribution is 2.27. The van der Waals surface area contributed by atoms with E-state index in [2.05, 4.69) is 22.3 Å². The van der Waals surface area contributed by atoms with Gasteiger partial charge in [-0.25, -0.2) is 8.78 Å². The quantitative estimate of drug-likeness (QED) is 0.778. The van der Waals surface area contributed by atoms with Gasteiger partial charge in [0.15, 0.2) is 0 Å². The molecule has 2 unspecified atom stereocenters. The number of halogens is 2. The molecule has 1 amide bonds. The Kier molecular flexibility index (Phi) is 6.27. The maximum absolute atomic E-state index is 13.7. The molecule has 1 saturated heterocycles. The summed E-state index contributed by atoms with van der Waals surface area (Å²) in [5.41, 5.74) is 1.26. The number of hydrogen-bond donors (Lipinski definition) is 1. The zero-order valence-corrected chi connectivity index (χ0v) is 15.4. The number of likely N-dealkylation sites (tertiary alicyclic amines) is 1. The molecule has 0 aromatic heterocycles. The van der Waals surface area contributed by atoms with E-state index in [1.165, 1.54) is 17.7 Å². The number of nitrogens with zero attached hydrogens (tertiary/aromatic N) is 1. The summed E-state index contributed by atoms with van der Waals surface area (Å²) in [7, 11) is 0. The summed E-state index contributed by atoms with van der Waals surface area (Å²) >= 11 is 1.11. The molecule has 0 radical (unpaired) electrons. The summed E-state index contributed by atoms with van der Waals surface area (Å²) in [5, 5.41) is 2.60. The number of benzene rings is 2. The second-order valence-electron chi connectivity index (χ2n) is 6.55. The molecule has 2 atom stereocenters. The van der Waals surface area contributed by atoms with Gasteiger partial charge in [-0.05, 0) is 31.0 Å². The standard InChI is InChI=1S/C20H22F2N2OS/c1-14(26-19-8-7-16(21)11-18(19)22)20(25)23-17-9-10-24(13-17)12-15-5-3-2-4-6-15/h2-8,11,14,17H,9-10,12-13H2,1H3,(H,23,25). The van der Waals surface area contributed by atoms with E-state index < -0.39 is 16.9 Å². The van der Waals surface area contributed by atoms with Crippen LogP contribution in [-0.4, -0.2) is 35.2 Å². The highest BCUT2D eigenvalue weighted by molar-refractivity contribution is 8.00. The molecule has 1 fully saturated rings. The van der Waals surface area contributed by atoms with Crippen LogP contribution in [0.2, 0.25) is 0 Å². The van der Waals surface area contributed by atoms with E-state index in [9.17, 15) is 13.6 Å². The summed E-state index contributed by atoms with van der Waals surface area (Å²) in [6.45, 7) is 4.36. The fourth-order valence-electron chi connectivity index (χ4n) is 3.07. The number of carbonyl (C=O) groups excluding carboxylic acids is 1. The second-order valence-corrected chi connectivity index (χ2v) is 7.93. The second kappa shape index (κ2) is 8.64. The van der Waals surface area contributed by atoms with Crippen molar-refractivity contribution < 1.29 is 13.6 Å². The van der Waals surface area contributed by atoms with Crippen LogP contribution in [-0.2, 0) is 11.3 Å². The Balaban J connectivity index is 1.48. The first-order valence-corrected chi connectivity index (χ1v) is 9.57. The summed E-state index contributed by atoms with van der Waals surface area (Å²) in [6, 6.07) is 13.8. The molecule has 1 aliphatic rings. The van der Waals surface area contributed by atoms with Gasteiger partial charge >= 0.3 is 0 Å². The first kappa shape index (κ1) is 18.9. The highest BCUT2D eigenvalue weighted by Gasteiger charge is 2.26. The molecule has 1 heterocycles. The maximum atomic E-state index is 13.7. The first-order valence-electron chi connectivity index (χ1n) is 8.69. The third-order valence-corrected chi connectivity index (χ3v) is 5.59. The van der Waals surface area contributed by atoms with Crippen molar-refractivity contribution in [3.05, 3.63) is 65.7 Å². The zero-order chi connectivity index (χ0) is 18.5. The van der Waals surface area contributed by atoms with Crippen LogP contribution in [0.15, 0.2) is 53.4 Å². The van der Waals surface area contributed by atoms with Crippen molar-refractivity contribution in [3.8, 4) is 0 Å². The van der Waals surface area contributed by atoms with Gasteiger partial charge in [0, 0.05) is 36.6 Å². The van der Waals surface area contributed by atoms with Gasteiger partial charge in [0.25, 0.3) is 0 Å². The summed E-state index contributed by atoms with van der Waals surface area (Å²) in [6.07, 6.45) is 0.904. The summed E-state index contributed by atoms with van der Waals surface area (Å²) in [5.74, 6) is -1.37. The smallest absolute Gasteiger partial charge is 0.233 e. The average molecular weight is 376 g/mol. The van der Waals surface area contributed by atoms with Gasteiger partial charge in [-0.1, -0.05) is 30.3 Å². The lowest BCUT2D eigenvalue weighted by Gasteiger charge is -2.18. The molecule has 26 heavy (non-hydrogen) atoms. The number of nitrogens with one attached hydrogen (secondary N) is 1. The SMILES string of the molecule is CC(Sc1ccc(F)cc1F)C(=O)NC1CCN(Cc2ccccc2)C1. The topological polar surface area (TPSA) is 32.3 Å². The molecule has 138 valence electrons. The monoisotopic (exact) mass is 376 g/mol. The normalized spacial score (nSPS) is 18.7. The van der Waals surface area contributed by atoms with E-state index in [0.717, 1.165) is 43.9 Å². The number of carbonyl (C=O) groups is 1. The van der Waals surface area contributed by atoms with Crippen LogP contribution in [0.25, 0.3) is 0 Å². The van der Waals surface area contributed by atoms with Crippen molar-refractivity contribution in [2.75, 3.05) is 13.1 Å². The van der Waals surface area contributed by atoms with Crippen LogP contribution in [0.4, 0.5) is 8.78 Å². The highest BCUT2D eigenvalue weighted by atomic mass is 32.2.